The van der Waals surface area contributed by atoms with Crippen LogP contribution < -0.4 is 34.9 Å². The summed E-state index contributed by atoms with van der Waals surface area (Å²) < 4.78 is 2.65. The van der Waals surface area contributed by atoms with Crippen LogP contribution >= 0.6 is 22.7 Å². The van der Waals surface area contributed by atoms with Gasteiger partial charge in [-0.25, -0.2) is 9.97 Å². The number of piperidine rings is 3. The first-order valence-corrected chi connectivity index (χ1v) is 22.5. The van der Waals surface area contributed by atoms with Crippen LogP contribution in [0.25, 0.3) is 20.4 Å². The van der Waals surface area contributed by atoms with Crippen LogP contribution in [0.15, 0.2) is 41.4 Å². The number of aliphatic imine (C=N–C) groups is 1. The Morgan fingerprint density at radius 3 is 1.64 bits per heavy atom. The summed E-state index contributed by atoms with van der Waals surface area (Å²) in [5.41, 5.74) is 7.12. The predicted molar refractivity (Wildman–Crippen MR) is 241 cm³/mol. The van der Waals surface area contributed by atoms with E-state index in [4.69, 9.17) is 15.0 Å². The van der Waals surface area contributed by atoms with E-state index in [1.807, 2.05) is 22.7 Å². The van der Waals surface area contributed by atoms with Crippen molar-refractivity contribution in [1.29, 1.82) is 0 Å². The molecule has 6 heterocycles. The largest absolute Gasteiger partial charge is 1.00 e. The van der Waals surface area contributed by atoms with Crippen LogP contribution in [0.1, 0.15) is 161 Å². The maximum Gasteiger partial charge on any atom is 1.00 e. The molecule has 0 unspecified atom stereocenters. The minimum absolute atomic E-state index is 0. The third kappa shape index (κ3) is 9.72. The molecule has 4 aliphatic rings. The quantitative estimate of drug-likeness (QED) is 0.211. The smallest absolute Gasteiger partial charge is 1.00 e. The van der Waals surface area contributed by atoms with Crippen molar-refractivity contribution in [3.8, 4) is 0 Å². The monoisotopic (exact) mass is 804 g/mol. The Labute approximate surface area is 372 Å². The van der Waals surface area contributed by atoms with Gasteiger partial charge in [0.05, 0.1) is 30.4 Å². The first-order chi connectivity index (χ1) is 25.3. The Morgan fingerprint density at radius 1 is 0.679 bits per heavy atom. The molecule has 56 heavy (non-hydrogen) atoms. The standard InChI is InChI=1S/C23H35N3S.C23H33N3S.B.Na.H/c2*1-15-7-9-18(24-14-15)16-8-10-20-19(11-16)25-21(27-20)17-12-22(2,3)26(6)23(4,5)13-17;;;/h8,10-11,15,17-18,24H,7,9,12-14H2,1-6H3;8,10-11,15,17H,7,9,12-14H2,1-6H3;;;/q;;;+1;-1/t15-,18+;15-;;;/m00.../s1. The summed E-state index contributed by atoms with van der Waals surface area (Å²) in [5.74, 6) is 2.62. The Kier molecular flexibility index (Phi) is 14.3. The number of nitrogens with one attached hydrogen (secondary N) is 1. The van der Waals surface area contributed by atoms with E-state index in [2.05, 4.69) is 135 Å². The summed E-state index contributed by atoms with van der Waals surface area (Å²) in [5, 5.41) is 6.37. The van der Waals surface area contributed by atoms with Crippen molar-refractivity contribution < 1.29 is 31.0 Å². The Bertz CT molecular complexity index is 1960. The van der Waals surface area contributed by atoms with Gasteiger partial charge in [0.2, 0.25) is 0 Å². The molecule has 10 heteroatoms. The summed E-state index contributed by atoms with van der Waals surface area (Å²) in [7, 11) is 4.55. The maximum absolute atomic E-state index is 5.14. The fourth-order valence-corrected chi connectivity index (χ4v) is 12.2. The summed E-state index contributed by atoms with van der Waals surface area (Å²) >= 11 is 3.80. The van der Waals surface area contributed by atoms with E-state index >= 15 is 0 Å². The fourth-order valence-electron chi connectivity index (χ4n) is 10.1. The molecule has 1 N–H and O–H groups in total. The van der Waals surface area contributed by atoms with Crippen LogP contribution in [0.5, 0.6) is 0 Å². The summed E-state index contributed by atoms with van der Waals surface area (Å²) in [6.45, 7) is 25.7. The number of thiazole rings is 2. The normalized spacial score (nSPS) is 26.8. The fraction of sp³-hybridized carbons (Fsp3) is 0.674. The number of fused-ring (bicyclic) bond motifs is 2. The van der Waals surface area contributed by atoms with Gasteiger partial charge in [0, 0.05) is 60.7 Å². The number of benzene rings is 2. The van der Waals surface area contributed by atoms with Gasteiger partial charge < -0.3 is 6.74 Å². The molecular weight excluding hydrogens is 734 g/mol. The van der Waals surface area contributed by atoms with E-state index in [0.717, 1.165) is 36.9 Å². The Morgan fingerprint density at radius 2 is 1.18 bits per heavy atom. The van der Waals surface area contributed by atoms with Gasteiger partial charge >= 0.3 is 29.6 Å². The van der Waals surface area contributed by atoms with Gasteiger partial charge in [-0.05, 0) is 175 Å². The Balaban J connectivity index is 0.000000240. The van der Waals surface area contributed by atoms with E-state index in [0.29, 0.717) is 17.9 Å². The molecule has 2 aromatic carbocycles. The van der Waals surface area contributed by atoms with Crippen molar-refractivity contribution in [1.82, 2.24) is 25.1 Å². The number of hydrogen-bond donors (Lipinski definition) is 1. The minimum atomic E-state index is 0. The van der Waals surface area contributed by atoms with Crippen molar-refractivity contribution in [3.63, 3.8) is 0 Å². The average Bonchev–Trinajstić information content (AvgIpc) is 3.74. The number of hydrogen-bond acceptors (Lipinski definition) is 8. The van der Waals surface area contributed by atoms with Gasteiger partial charge in [-0.1, -0.05) is 26.0 Å². The summed E-state index contributed by atoms with van der Waals surface area (Å²) in [6.07, 6.45) is 9.61. The number of nitrogens with zero attached hydrogens (tertiary/aromatic N) is 5. The second-order valence-electron chi connectivity index (χ2n) is 20.2. The van der Waals surface area contributed by atoms with Crippen molar-refractivity contribution in [2.45, 2.75) is 161 Å². The van der Waals surface area contributed by atoms with Gasteiger partial charge in [0.25, 0.3) is 0 Å². The zero-order valence-electron chi connectivity index (χ0n) is 38.1. The van der Waals surface area contributed by atoms with Crippen LogP contribution in [-0.4, -0.2) is 83.2 Å². The maximum atomic E-state index is 5.14. The van der Waals surface area contributed by atoms with E-state index in [9.17, 15) is 0 Å². The molecule has 4 aliphatic heterocycles. The zero-order valence-corrected chi connectivity index (χ0v) is 40.7. The molecule has 0 bridgehead atoms. The van der Waals surface area contributed by atoms with Gasteiger partial charge in [-0.15, -0.1) is 22.7 Å². The first-order valence-electron chi connectivity index (χ1n) is 20.9. The van der Waals surface area contributed by atoms with Crippen molar-refractivity contribution in [2.24, 2.45) is 16.8 Å². The molecular formula is C46H69BN6NaS2. The van der Waals surface area contributed by atoms with Crippen LogP contribution in [0.3, 0.4) is 0 Å². The molecule has 3 radical (unpaired) electrons. The molecule has 3 saturated heterocycles. The van der Waals surface area contributed by atoms with Gasteiger partial charge in [-0.2, -0.15) is 0 Å². The van der Waals surface area contributed by atoms with E-state index < -0.39 is 0 Å². The van der Waals surface area contributed by atoms with Crippen molar-refractivity contribution >= 4 is 57.2 Å². The molecule has 3 fully saturated rings. The van der Waals surface area contributed by atoms with Crippen LogP contribution in [0.4, 0.5) is 0 Å². The average molecular weight is 804 g/mol. The molecule has 0 aliphatic carbocycles. The third-order valence-corrected chi connectivity index (χ3v) is 16.4. The second-order valence-corrected chi connectivity index (χ2v) is 22.3. The predicted octanol–water partition coefficient (Wildman–Crippen LogP) is 8.34. The molecule has 4 aromatic rings. The molecule has 8 rings (SSSR count). The topological polar surface area (TPSA) is 56.7 Å². The molecule has 6 nitrogen and oxygen atoms in total. The SMILES string of the molecule is C[C@H]1CCC(c2ccc3sc(C4CC(C)(C)N(C)C(C)(C)C4)nc3c2)=NC1.C[C@H]1CC[C@H](c2ccc3sc(C4CC(C)(C)N(C)C(C)(C)C4)nc3c2)NC1.[B].[H-].[Na+]. The first kappa shape index (κ1) is 45.9. The third-order valence-electron chi connectivity index (χ3n) is 14.0. The number of rotatable bonds is 4. The van der Waals surface area contributed by atoms with Crippen LogP contribution in [-0.2, 0) is 0 Å². The van der Waals surface area contributed by atoms with Crippen LogP contribution in [0, 0.1) is 11.8 Å². The molecule has 0 amide bonds. The van der Waals surface area contributed by atoms with Crippen molar-refractivity contribution in [3.05, 3.63) is 57.5 Å². The number of aromatic nitrogens is 2. The van der Waals surface area contributed by atoms with Gasteiger partial charge in [0.15, 0.2) is 0 Å². The molecule has 3 atom stereocenters. The van der Waals surface area contributed by atoms with Gasteiger partial charge in [0.1, 0.15) is 0 Å². The van der Waals surface area contributed by atoms with E-state index in [-0.39, 0.29) is 61.6 Å². The van der Waals surface area contributed by atoms with Crippen molar-refractivity contribution in [2.75, 3.05) is 27.2 Å². The summed E-state index contributed by atoms with van der Waals surface area (Å²) in [4.78, 5) is 20.2. The second kappa shape index (κ2) is 17.4. The van der Waals surface area contributed by atoms with Crippen LogP contribution in [0.2, 0.25) is 0 Å². The number of likely N-dealkylation sites (tertiary alicyclic amines) is 2. The zero-order chi connectivity index (χ0) is 38.8. The molecule has 0 spiro atoms. The summed E-state index contributed by atoms with van der Waals surface area (Å²) in [6, 6.07) is 14.2. The Hall–Kier alpha value is -1.17. The molecule has 0 saturated carbocycles. The molecule has 299 valence electrons. The van der Waals surface area contributed by atoms with E-state index in [1.165, 1.54) is 86.7 Å². The minimum Gasteiger partial charge on any atom is -1.00 e. The van der Waals surface area contributed by atoms with E-state index in [1.54, 1.807) is 0 Å². The molecule has 2 aromatic heterocycles. The van der Waals surface area contributed by atoms with Gasteiger partial charge in [-0.3, -0.25) is 14.8 Å².